The average molecular weight is 285 g/mol. The van der Waals surface area contributed by atoms with E-state index in [9.17, 15) is 9.59 Å². The number of amides is 1. The van der Waals surface area contributed by atoms with E-state index in [0.717, 1.165) is 18.5 Å². The van der Waals surface area contributed by atoms with Crippen LogP contribution in [0.3, 0.4) is 0 Å². The zero-order chi connectivity index (χ0) is 14.7. The standard InChI is InChI=1S/C16H19N3O2/c20-15-7-9-19(14-6-2-1-5-13(14)15)11-16(21)18-10-12-4-3-8-17-12/h1-2,5-7,9,12,17H,3-4,8,10-11H2,(H,18,21). The molecular formula is C16H19N3O2. The van der Waals surface area contributed by atoms with Crippen LogP contribution in [0.4, 0.5) is 0 Å². The summed E-state index contributed by atoms with van der Waals surface area (Å²) in [6, 6.07) is 9.25. The Bertz CT molecular complexity index is 702. The molecule has 0 saturated carbocycles. The number of benzene rings is 1. The minimum atomic E-state index is -0.0301. The van der Waals surface area contributed by atoms with Gasteiger partial charge in [-0.3, -0.25) is 9.59 Å². The molecule has 1 saturated heterocycles. The lowest BCUT2D eigenvalue weighted by Gasteiger charge is -2.13. The fourth-order valence-electron chi connectivity index (χ4n) is 2.78. The smallest absolute Gasteiger partial charge is 0.239 e. The predicted octanol–water partition coefficient (Wildman–Crippen LogP) is 0.870. The SMILES string of the molecule is O=C(Cn1ccc(=O)c2ccccc21)NCC1CCCN1. The summed E-state index contributed by atoms with van der Waals surface area (Å²) < 4.78 is 1.81. The molecule has 3 rings (SSSR count). The van der Waals surface area contributed by atoms with Gasteiger partial charge in [-0.2, -0.15) is 0 Å². The van der Waals surface area contributed by atoms with Crippen molar-refractivity contribution in [3.8, 4) is 0 Å². The van der Waals surface area contributed by atoms with Gasteiger partial charge in [0.15, 0.2) is 5.43 Å². The maximum atomic E-state index is 12.1. The predicted molar refractivity (Wildman–Crippen MR) is 82.2 cm³/mol. The number of aromatic nitrogens is 1. The third kappa shape index (κ3) is 3.13. The lowest BCUT2D eigenvalue weighted by atomic mass is 10.2. The molecule has 2 aromatic rings. The molecule has 1 aromatic heterocycles. The first kappa shape index (κ1) is 13.8. The Morgan fingerprint density at radius 3 is 3.00 bits per heavy atom. The summed E-state index contributed by atoms with van der Waals surface area (Å²) in [6.07, 6.45) is 3.96. The van der Waals surface area contributed by atoms with Gasteiger partial charge >= 0.3 is 0 Å². The van der Waals surface area contributed by atoms with Crippen molar-refractivity contribution in [1.29, 1.82) is 0 Å². The number of fused-ring (bicyclic) bond motifs is 1. The van der Waals surface area contributed by atoms with Gasteiger partial charge in [-0.25, -0.2) is 0 Å². The van der Waals surface area contributed by atoms with Crippen molar-refractivity contribution in [1.82, 2.24) is 15.2 Å². The molecule has 0 spiro atoms. The first-order chi connectivity index (χ1) is 10.2. The second kappa shape index (κ2) is 6.10. The Balaban J connectivity index is 1.71. The lowest BCUT2D eigenvalue weighted by molar-refractivity contribution is -0.121. The minimum Gasteiger partial charge on any atom is -0.353 e. The highest BCUT2D eigenvalue weighted by molar-refractivity contribution is 5.82. The van der Waals surface area contributed by atoms with Crippen molar-refractivity contribution in [2.45, 2.75) is 25.4 Å². The number of hydrogen-bond acceptors (Lipinski definition) is 3. The fraction of sp³-hybridized carbons (Fsp3) is 0.375. The lowest BCUT2D eigenvalue weighted by Crippen LogP contribution is -2.38. The Hall–Kier alpha value is -2.14. The monoisotopic (exact) mass is 285 g/mol. The molecule has 5 heteroatoms. The first-order valence-electron chi connectivity index (χ1n) is 7.32. The van der Waals surface area contributed by atoms with Gasteiger partial charge in [0, 0.05) is 30.2 Å². The van der Waals surface area contributed by atoms with Gasteiger partial charge in [-0.1, -0.05) is 12.1 Å². The molecule has 0 bridgehead atoms. The van der Waals surface area contributed by atoms with E-state index in [-0.39, 0.29) is 17.9 Å². The third-order valence-corrected chi connectivity index (χ3v) is 3.91. The van der Waals surface area contributed by atoms with E-state index in [1.54, 1.807) is 12.3 Å². The summed E-state index contributed by atoms with van der Waals surface area (Å²) in [5, 5.41) is 6.95. The van der Waals surface area contributed by atoms with Gasteiger partial charge in [-0.05, 0) is 31.5 Å². The van der Waals surface area contributed by atoms with E-state index < -0.39 is 0 Å². The Kier molecular flexibility index (Phi) is 4.01. The quantitative estimate of drug-likeness (QED) is 0.876. The molecule has 1 unspecified atom stereocenters. The van der Waals surface area contributed by atoms with Crippen molar-refractivity contribution in [3.05, 3.63) is 46.8 Å². The molecule has 1 amide bonds. The van der Waals surface area contributed by atoms with Crippen LogP contribution in [0.5, 0.6) is 0 Å². The van der Waals surface area contributed by atoms with Gasteiger partial charge < -0.3 is 15.2 Å². The molecule has 0 radical (unpaired) electrons. The summed E-state index contributed by atoms with van der Waals surface area (Å²) in [5.41, 5.74) is 0.775. The number of rotatable bonds is 4. The van der Waals surface area contributed by atoms with E-state index in [2.05, 4.69) is 10.6 Å². The van der Waals surface area contributed by atoms with Crippen LogP contribution in [0.15, 0.2) is 41.3 Å². The maximum absolute atomic E-state index is 12.1. The molecule has 21 heavy (non-hydrogen) atoms. The van der Waals surface area contributed by atoms with Crippen LogP contribution in [0.2, 0.25) is 0 Å². The van der Waals surface area contributed by atoms with Crippen LogP contribution in [0.25, 0.3) is 10.9 Å². The number of para-hydroxylation sites is 1. The topological polar surface area (TPSA) is 63.1 Å². The van der Waals surface area contributed by atoms with E-state index in [1.807, 2.05) is 22.8 Å². The van der Waals surface area contributed by atoms with Crippen LogP contribution >= 0.6 is 0 Å². The highest BCUT2D eigenvalue weighted by Gasteiger charge is 2.14. The Labute approximate surface area is 123 Å². The van der Waals surface area contributed by atoms with Crippen LogP contribution in [0.1, 0.15) is 12.8 Å². The van der Waals surface area contributed by atoms with E-state index in [0.29, 0.717) is 18.0 Å². The summed E-state index contributed by atoms with van der Waals surface area (Å²) in [7, 11) is 0. The number of carbonyl (C=O) groups is 1. The van der Waals surface area contributed by atoms with Gasteiger partial charge in [0.25, 0.3) is 0 Å². The van der Waals surface area contributed by atoms with Crippen LogP contribution < -0.4 is 16.1 Å². The van der Waals surface area contributed by atoms with Gasteiger partial charge in [0.05, 0.1) is 5.52 Å². The van der Waals surface area contributed by atoms with Crippen LogP contribution in [-0.4, -0.2) is 29.6 Å². The van der Waals surface area contributed by atoms with Crippen molar-refractivity contribution >= 4 is 16.8 Å². The van der Waals surface area contributed by atoms with Crippen LogP contribution in [-0.2, 0) is 11.3 Å². The summed E-state index contributed by atoms with van der Waals surface area (Å²) >= 11 is 0. The largest absolute Gasteiger partial charge is 0.353 e. The number of nitrogens with one attached hydrogen (secondary N) is 2. The first-order valence-corrected chi connectivity index (χ1v) is 7.32. The molecule has 5 nitrogen and oxygen atoms in total. The van der Waals surface area contributed by atoms with Crippen molar-refractivity contribution in [2.75, 3.05) is 13.1 Å². The van der Waals surface area contributed by atoms with E-state index in [4.69, 9.17) is 0 Å². The summed E-state index contributed by atoms with van der Waals surface area (Å²) in [5.74, 6) is -0.0301. The van der Waals surface area contributed by atoms with Gasteiger partial charge in [0.1, 0.15) is 6.54 Å². The van der Waals surface area contributed by atoms with Gasteiger partial charge in [0.2, 0.25) is 5.91 Å². The summed E-state index contributed by atoms with van der Waals surface area (Å²) in [4.78, 5) is 23.9. The average Bonchev–Trinajstić information content (AvgIpc) is 3.02. The fourth-order valence-corrected chi connectivity index (χ4v) is 2.78. The third-order valence-electron chi connectivity index (χ3n) is 3.91. The highest BCUT2D eigenvalue weighted by Crippen LogP contribution is 2.09. The normalized spacial score (nSPS) is 18.0. The molecule has 0 aliphatic carbocycles. The second-order valence-electron chi connectivity index (χ2n) is 5.42. The minimum absolute atomic E-state index is 0.0163. The molecule has 2 N–H and O–H groups in total. The highest BCUT2D eigenvalue weighted by atomic mass is 16.2. The molecule has 1 aliphatic heterocycles. The number of hydrogen-bond donors (Lipinski definition) is 2. The van der Waals surface area contributed by atoms with Crippen molar-refractivity contribution < 1.29 is 4.79 Å². The number of pyridine rings is 1. The van der Waals surface area contributed by atoms with E-state index in [1.165, 1.54) is 12.5 Å². The number of nitrogens with zero attached hydrogens (tertiary/aromatic N) is 1. The molecule has 1 fully saturated rings. The molecule has 2 heterocycles. The molecule has 110 valence electrons. The maximum Gasteiger partial charge on any atom is 0.239 e. The molecule has 1 aliphatic rings. The summed E-state index contributed by atoms with van der Waals surface area (Å²) in [6.45, 7) is 1.93. The Morgan fingerprint density at radius 2 is 2.19 bits per heavy atom. The van der Waals surface area contributed by atoms with Crippen LogP contribution in [0, 0.1) is 0 Å². The molecule has 1 atom stereocenters. The van der Waals surface area contributed by atoms with Gasteiger partial charge in [-0.15, -0.1) is 0 Å². The second-order valence-corrected chi connectivity index (χ2v) is 5.42. The van der Waals surface area contributed by atoms with E-state index >= 15 is 0 Å². The Morgan fingerprint density at radius 1 is 1.33 bits per heavy atom. The zero-order valence-electron chi connectivity index (χ0n) is 11.8. The number of carbonyl (C=O) groups excluding carboxylic acids is 1. The zero-order valence-corrected chi connectivity index (χ0v) is 11.8. The molecular weight excluding hydrogens is 266 g/mol. The molecule has 1 aromatic carbocycles. The van der Waals surface area contributed by atoms with Crippen molar-refractivity contribution in [2.24, 2.45) is 0 Å². The van der Waals surface area contributed by atoms with Crippen molar-refractivity contribution in [3.63, 3.8) is 0 Å².